The first-order valence-corrected chi connectivity index (χ1v) is 11.0. The van der Waals surface area contributed by atoms with Gasteiger partial charge < -0.3 is 9.15 Å². The van der Waals surface area contributed by atoms with E-state index in [0.717, 1.165) is 17.5 Å². The second kappa shape index (κ2) is 7.67. The van der Waals surface area contributed by atoms with E-state index in [1.165, 1.54) is 11.3 Å². The predicted molar refractivity (Wildman–Crippen MR) is 120 cm³/mol. The summed E-state index contributed by atoms with van der Waals surface area (Å²) in [6, 6.07) is 12.3. The molecular formula is C24H20N2O4S. The highest BCUT2D eigenvalue weighted by Gasteiger charge is 2.44. The van der Waals surface area contributed by atoms with E-state index in [4.69, 9.17) is 9.15 Å². The van der Waals surface area contributed by atoms with E-state index in [1.54, 1.807) is 28.6 Å². The Morgan fingerprint density at radius 3 is 2.84 bits per heavy atom. The number of hydrogen-bond acceptors (Lipinski definition) is 6. The molecule has 2 aromatic carbocycles. The summed E-state index contributed by atoms with van der Waals surface area (Å²) < 4.78 is 11.8. The Bertz CT molecular complexity index is 1340. The van der Waals surface area contributed by atoms with Crippen LogP contribution in [0.3, 0.4) is 0 Å². The van der Waals surface area contributed by atoms with Crippen molar-refractivity contribution in [2.45, 2.75) is 26.3 Å². The summed E-state index contributed by atoms with van der Waals surface area (Å²) in [5, 5.41) is 2.79. The second-order valence-electron chi connectivity index (χ2n) is 7.49. The minimum atomic E-state index is -0.639. The van der Waals surface area contributed by atoms with Crippen molar-refractivity contribution in [3.63, 3.8) is 0 Å². The summed E-state index contributed by atoms with van der Waals surface area (Å²) >= 11 is 1.34. The lowest BCUT2D eigenvalue weighted by Crippen LogP contribution is -2.29. The smallest absolute Gasteiger partial charge is 0.297 e. The first kappa shape index (κ1) is 19.5. The number of rotatable bonds is 5. The standard InChI is InChI=1S/C24H20N2O4S/c1-3-10-29-16-6-4-5-15(13-16)20-19-21(27)17-12-14(2)7-8-18(17)30-22(19)23(28)26(20)24-25-9-11-31-24/h4-9,11-13,20H,3,10H2,1-2H3/t20-/m0/s1. The Hall–Kier alpha value is -3.45. The quantitative estimate of drug-likeness (QED) is 0.439. The van der Waals surface area contributed by atoms with Crippen LogP contribution in [0.5, 0.6) is 5.75 Å². The lowest BCUT2D eigenvalue weighted by molar-refractivity contribution is 0.0971. The third kappa shape index (κ3) is 3.21. The first-order chi connectivity index (χ1) is 15.1. The number of amides is 1. The van der Waals surface area contributed by atoms with Crippen LogP contribution in [0.25, 0.3) is 11.0 Å². The molecule has 5 rings (SSSR count). The van der Waals surface area contributed by atoms with Gasteiger partial charge in [0.1, 0.15) is 11.3 Å². The number of hydrogen-bond donors (Lipinski definition) is 0. The lowest BCUT2D eigenvalue weighted by atomic mass is 9.98. The maximum Gasteiger partial charge on any atom is 0.297 e. The van der Waals surface area contributed by atoms with Crippen molar-refractivity contribution in [3.05, 3.63) is 86.7 Å². The maximum absolute atomic E-state index is 13.6. The van der Waals surface area contributed by atoms with Gasteiger partial charge in [-0.05, 0) is 43.2 Å². The highest BCUT2D eigenvalue weighted by Crippen LogP contribution is 2.42. The van der Waals surface area contributed by atoms with Crippen molar-refractivity contribution in [2.24, 2.45) is 0 Å². The monoisotopic (exact) mass is 432 g/mol. The van der Waals surface area contributed by atoms with Crippen LogP contribution < -0.4 is 15.1 Å². The molecule has 4 aromatic rings. The molecule has 7 heteroatoms. The molecule has 0 saturated carbocycles. The summed E-state index contributed by atoms with van der Waals surface area (Å²) in [5.74, 6) is 0.399. The van der Waals surface area contributed by atoms with Crippen LogP contribution in [-0.2, 0) is 0 Å². The van der Waals surface area contributed by atoms with Gasteiger partial charge in [-0.3, -0.25) is 14.5 Å². The van der Waals surface area contributed by atoms with E-state index in [0.29, 0.717) is 34.0 Å². The fourth-order valence-corrected chi connectivity index (χ4v) is 4.60. The van der Waals surface area contributed by atoms with E-state index in [2.05, 4.69) is 4.98 Å². The minimum Gasteiger partial charge on any atom is -0.494 e. The van der Waals surface area contributed by atoms with Crippen LogP contribution in [0.2, 0.25) is 0 Å². The van der Waals surface area contributed by atoms with Gasteiger partial charge in [-0.1, -0.05) is 30.7 Å². The van der Waals surface area contributed by atoms with Gasteiger partial charge in [-0.2, -0.15) is 0 Å². The zero-order valence-corrected chi connectivity index (χ0v) is 17.9. The van der Waals surface area contributed by atoms with Crippen molar-refractivity contribution < 1.29 is 13.9 Å². The second-order valence-corrected chi connectivity index (χ2v) is 8.36. The molecule has 1 atom stereocenters. The molecule has 2 aromatic heterocycles. The number of nitrogens with zero attached hydrogens (tertiary/aromatic N) is 2. The molecule has 0 spiro atoms. The van der Waals surface area contributed by atoms with Crippen molar-refractivity contribution in [1.29, 1.82) is 0 Å². The van der Waals surface area contributed by atoms with Gasteiger partial charge in [-0.15, -0.1) is 11.3 Å². The number of carbonyl (C=O) groups excluding carboxylic acids is 1. The van der Waals surface area contributed by atoms with E-state index in [-0.39, 0.29) is 17.1 Å². The van der Waals surface area contributed by atoms with Crippen molar-refractivity contribution in [1.82, 2.24) is 4.98 Å². The van der Waals surface area contributed by atoms with Crippen LogP contribution >= 0.6 is 11.3 Å². The van der Waals surface area contributed by atoms with E-state index < -0.39 is 6.04 Å². The molecule has 3 heterocycles. The minimum absolute atomic E-state index is 0.0708. The number of benzene rings is 2. The topological polar surface area (TPSA) is 72.6 Å². The number of fused-ring (bicyclic) bond motifs is 2. The summed E-state index contributed by atoms with van der Waals surface area (Å²) in [6.45, 7) is 4.55. The van der Waals surface area contributed by atoms with Gasteiger partial charge in [0.25, 0.3) is 5.91 Å². The number of aryl methyl sites for hydroxylation is 1. The zero-order chi connectivity index (χ0) is 21.5. The molecule has 156 valence electrons. The summed E-state index contributed by atoms with van der Waals surface area (Å²) in [5.41, 5.74) is 2.27. The number of thiazole rings is 1. The fourth-order valence-electron chi connectivity index (χ4n) is 3.93. The fraction of sp³-hybridized carbons (Fsp3) is 0.208. The Morgan fingerprint density at radius 1 is 1.19 bits per heavy atom. The van der Waals surface area contributed by atoms with E-state index in [9.17, 15) is 9.59 Å². The van der Waals surface area contributed by atoms with Crippen molar-refractivity contribution >= 4 is 33.3 Å². The average molecular weight is 433 g/mol. The maximum atomic E-state index is 13.6. The molecule has 0 radical (unpaired) electrons. The number of carbonyl (C=O) groups is 1. The van der Waals surface area contributed by atoms with Crippen LogP contribution in [-0.4, -0.2) is 17.5 Å². The molecule has 6 nitrogen and oxygen atoms in total. The first-order valence-electron chi connectivity index (χ1n) is 10.1. The number of anilines is 1. The summed E-state index contributed by atoms with van der Waals surface area (Å²) in [6.07, 6.45) is 2.53. The Morgan fingerprint density at radius 2 is 2.06 bits per heavy atom. The third-order valence-electron chi connectivity index (χ3n) is 5.30. The molecule has 0 bridgehead atoms. The van der Waals surface area contributed by atoms with E-state index >= 15 is 0 Å². The Labute approximate surface area is 182 Å². The molecule has 0 saturated heterocycles. The van der Waals surface area contributed by atoms with Gasteiger partial charge in [0.05, 0.1) is 23.6 Å². The highest BCUT2D eigenvalue weighted by atomic mass is 32.1. The molecular weight excluding hydrogens is 412 g/mol. The largest absolute Gasteiger partial charge is 0.494 e. The van der Waals surface area contributed by atoms with Gasteiger partial charge >= 0.3 is 0 Å². The molecule has 1 aliphatic rings. The Balaban J connectivity index is 1.75. The summed E-state index contributed by atoms with van der Waals surface area (Å²) in [4.78, 5) is 32.9. The number of ether oxygens (including phenoxy) is 1. The normalized spacial score (nSPS) is 15.5. The van der Waals surface area contributed by atoms with Gasteiger partial charge in [0.2, 0.25) is 5.76 Å². The van der Waals surface area contributed by atoms with Crippen molar-refractivity contribution in [3.8, 4) is 5.75 Å². The van der Waals surface area contributed by atoms with Gasteiger partial charge in [0.15, 0.2) is 10.6 Å². The highest BCUT2D eigenvalue weighted by molar-refractivity contribution is 7.13. The van der Waals surface area contributed by atoms with Gasteiger partial charge in [-0.25, -0.2) is 4.98 Å². The lowest BCUT2D eigenvalue weighted by Gasteiger charge is -2.23. The molecule has 0 N–H and O–H groups in total. The Kier molecular flexibility index (Phi) is 4.82. The van der Waals surface area contributed by atoms with Crippen LogP contribution in [0.15, 0.2) is 63.3 Å². The van der Waals surface area contributed by atoms with Crippen molar-refractivity contribution in [2.75, 3.05) is 11.5 Å². The predicted octanol–water partition coefficient (Wildman–Crippen LogP) is 5.10. The van der Waals surface area contributed by atoms with Crippen LogP contribution in [0.1, 0.15) is 46.6 Å². The van der Waals surface area contributed by atoms with E-state index in [1.807, 2.05) is 44.2 Å². The SMILES string of the molecule is CCCOc1cccc([C@H]2c3c(oc4ccc(C)cc4c3=O)C(=O)N2c2nccs2)c1. The van der Waals surface area contributed by atoms with Crippen LogP contribution in [0.4, 0.5) is 5.13 Å². The molecule has 0 unspecified atom stereocenters. The molecule has 31 heavy (non-hydrogen) atoms. The zero-order valence-electron chi connectivity index (χ0n) is 17.1. The van der Waals surface area contributed by atoms with Gasteiger partial charge in [0, 0.05) is 11.6 Å². The third-order valence-corrected chi connectivity index (χ3v) is 6.07. The molecule has 0 fully saturated rings. The average Bonchev–Trinajstić information content (AvgIpc) is 3.40. The molecule has 1 amide bonds. The molecule has 1 aliphatic heterocycles. The summed E-state index contributed by atoms with van der Waals surface area (Å²) in [7, 11) is 0. The van der Waals surface area contributed by atoms with Crippen LogP contribution in [0, 0.1) is 6.92 Å². The molecule has 0 aliphatic carbocycles. The number of aromatic nitrogens is 1.